The van der Waals surface area contributed by atoms with Crippen molar-refractivity contribution in [1.82, 2.24) is 4.90 Å². The minimum atomic E-state index is -0.584. The Morgan fingerprint density at radius 1 is 1.24 bits per heavy atom. The average Bonchev–Trinajstić information content (AvgIpc) is 2.21. The van der Waals surface area contributed by atoms with E-state index in [-0.39, 0.29) is 17.4 Å². The van der Waals surface area contributed by atoms with Crippen molar-refractivity contribution in [2.24, 2.45) is 0 Å². The molecule has 1 heterocycles. The van der Waals surface area contributed by atoms with Crippen LogP contribution in [0.25, 0.3) is 0 Å². The van der Waals surface area contributed by atoms with E-state index in [1.807, 2.05) is 14.0 Å². The van der Waals surface area contributed by atoms with Crippen LogP contribution in [0.3, 0.4) is 0 Å². The lowest BCUT2D eigenvalue weighted by Crippen LogP contribution is -2.50. The van der Waals surface area contributed by atoms with Crippen LogP contribution in [0.15, 0.2) is 12.1 Å². The number of nitrogen functional groups attached to an aromatic ring is 1. The molecule has 1 saturated heterocycles. The number of hydrogen-bond acceptors (Lipinski definition) is 3. The number of hydrogen-bond donors (Lipinski definition) is 1. The van der Waals surface area contributed by atoms with E-state index < -0.39 is 11.6 Å². The number of halogens is 2. The smallest absolute Gasteiger partial charge is 0.151 e. The first-order valence-corrected chi connectivity index (χ1v) is 5.68. The first-order valence-electron chi connectivity index (χ1n) is 5.68. The van der Waals surface area contributed by atoms with Crippen LogP contribution in [0.1, 0.15) is 6.92 Å². The largest absolute Gasteiger partial charge is 0.399 e. The summed E-state index contributed by atoms with van der Waals surface area (Å²) < 4.78 is 27.5. The van der Waals surface area contributed by atoms with E-state index in [2.05, 4.69) is 4.90 Å². The molecule has 1 aromatic rings. The molecule has 0 spiro atoms. The number of nitrogens with zero attached hydrogens (tertiary/aromatic N) is 2. The molecule has 1 aromatic carbocycles. The Kier molecular flexibility index (Phi) is 3.19. The second-order valence-corrected chi connectivity index (χ2v) is 4.61. The minimum Gasteiger partial charge on any atom is -0.399 e. The quantitative estimate of drug-likeness (QED) is 0.759. The monoisotopic (exact) mass is 241 g/mol. The van der Waals surface area contributed by atoms with Gasteiger partial charge in [0, 0.05) is 31.4 Å². The molecule has 1 unspecified atom stereocenters. The van der Waals surface area contributed by atoms with Gasteiger partial charge in [-0.25, -0.2) is 8.78 Å². The highest BCUT2D eigenvalue weighted by atomic mass is 19.1. The summed E-state index contributed by atoms with van der Waals surface area (Å²) >= 11 is 0. The van der Waals surface area contributed by atoms with Gasteiger partial charge in [-0.1, -0.05) is 0 Å². The van der Waals surface area contributed by atoms with Crippen LogP contribution in [-0.2, 0) is 0 Å². The van der Waals surface area contributed by atoms with Gasteiger partial charge in [0.15, 0.2) is 11.6 Å². The fourth-order valence-electron chi connectivity index (χ4n) is 2.14. The fraction of sp³-hybridized carbons (Fsp3) is 0.500. The lowest BCUT2D eigenvalue weighted by atomic mass is 10.1. The van der Waals surface area contributed by atoms with E-state index in [1.165, 1.54) is 12.1 Å². The van der Waals surface area contributed by atoms with Crippen LogP contribution in [0.5, 0.6) is 0 Å². The third-order valence-electron chi connectivity index (χ3n) is 3.32. The normalized spacial score (nSPS) is 21.9. The van der Waals surface area contributed by atoms with E-state index in [0.29, 0.717) is 13.1 Å². The maximum absolute atomic E-state index is 13.7. The van der Waals surface area contributed by atoms with Crippen LogP contribution in [0.4, 0.5) is 20.2 Å². The standard InChI is InChI=1S/C12H17F2N3/c1-8-7-17(4-3-16(8)2)12-10(13)5-9(15)6-11(12)14/h5-6,8H,3-4,7,15H2,1-2H3. The lowest BCUT2D eigenvalue weighted by molar-refractivity contribution is 0.232. The summed E-state index contributed by atoms with van der Waals surface area (Å²) in [6.45, 7) is 4.08. The molecule has 0 saturated carbocycles. The van der Waals surface area contributed by atoms with Gasteiger partial charge in [-0.05, 0) is 26.1 Å². The number of nitrogens with two attached hydrogens (primary N) is 1. The predicted octanol–water partition coefficient (Wildman–Crippen LogP) is 1.69. The topological polar surface area (TPSA) is 32.5 Å². The van der Waals surface area contributed by atoms with Crippen molar-refractivity contribution in [3.05, 3.63) is 23.8 Å². The molecule has 0 bridgehead atoms. The lowest BCUT2D eigenvalue weighted by Gasteiger charge is -2.39. The molecule has 1 atom stereocenters. The fourth-order valence-corrected chi connectivity index (χ4v) is 2.14. The van der Waals surface area contributed by atoms with Crippen molar-refractivity contribution in [2.45, 2.75) is 13.0 Å². The van der Waals surface area contributed by atoms with Crippen LogP contribution in [-0.4, -0.2) is 37.6 Å². The van der Waals surface area contributed by atoms with Gasteiger partial charge >= 0.3 is 0 Å². The number of anilines is 2. The van der Waals surface area contributed by atoms with Gasteiger partial charge in [-0.2, -0.15) is 0 Å². The van der Waals surface area contributed by atoms with E-state index in [1.54, 1.807) is 4.90 Å². The third kappa shape index (κ3) is 2.34. The summed E-state index contributed by atoms with van der Waals surface area (Å²) in [6, 6.07) is 2.61. The Labute approximate surface area is 99.8 Å². The summed E-state index contributed by atoms with van der Waals surface area (Å²) in [5.74, 6) is -1.17. The van der Waals surface area contributed by atoms with Gasteiger partial charge in [0.2, 0.25) is 0 Å². The van der Waals surface area contributed by atoms with E-state index >= 15 is 0 Å². The Balaban J connectivity index is 2.29. The zero-order valence-electron chi connectivity index (χ0n) is 10.1. The van der Waals surface area contributed by atoms with Crippen molar-refractivity contribution in [3.8, 4) is 0 Å². The van der Waals surface area contributed by atoms with Crippen molar-refractivity contribution in [2.75, 3.05) is 37.3 Å². The highest BCUT2D eigenvalue weighted by molar-refractivity contribution is 5.56. The van der Waals surface area contributed by atoms with Crippen LogP contribution in [0.2, 0.25) is 0 Å². The highest BCUT2D eigenvalue weighted by Gasteiger charge is 2.25. The predicted molar refractivity (Wildman–Crippen MR) is 65.1 cm³/mol. The van der Waals surface area contributed by atoms with Crippen molar-refractivity contribution in [1.29, 1.82) is 0 Å². The molecular weight excluding hydrogens is 224 g/mol. The molecule has 0 radical (unpaired) electrons. The SMILES string of the molecule is CC1CN(c2c(F)cc(N)cc2F)CCN1C. The van der Waals surface area contributed by atoms with Gasteiger partial charge in [0.25, 0.3) is 0 Å². The Bertz CT molecular complexity index is 399. The summed E-state index contributed by atoms with van der Waals surface area (Å²) in [5.41, 5.74) is 5.56. The summed E-state index contributed by atoms with van der Waals surface area (Å²) in [5, 5.41) is 0. The zero-order valence-corrected chi connectivity index (χ0v) is 10.1. The highest BCUT2D eigenvalue weighted by Crippen LogP contribution is 2.27. The second-order valence-electron chi connectivity index (χ2n) is 4.61. The third-order valence-corrected chi connectivity index (χ3v) is 3.32. The maximum Gasteiger partial charge on any atom is 0.151 e. The maximum atomic E-state index is 13.7. The second kappa shape index (κ2) is 4.49. The van der Waals surface area contributed by atoms with E-state index in [0.717, 1.165) is 6.54 Å². The molecule has 0 aromatic heterocycles. The van der Waals surface area contributed by atoms with Crippen LogP contribution < -0.4 is 10.6 Å². The molecule has 2 rings (SSSR count). The van der Waals surface area contributed by atoms with Crippen molar-refractivity contribution in [3.63, 3.8) is 0 Å². The van der Waals surface area contributed by atoms with E-state index in [4.69, 9.17) is 5.73 Å². The molecule has 1 fully saturated rings. The first kappa shape index (κ1) is 12.1. The number of benzene rings is 1. The first-order chi connectivity index (χ1) is 7.99. The van der Waals surface area contributed by atoms with Crippen LogP contribution in [0, 0.1) is 11.6 Å². The molecule has 5 heteroatoms. The zero-order chi connectivity index (χ0) is 12.6. The van der Waals surface area contributed by atoms with Gasteiger partial charge in [-0.3, -0.25) is 0 Å². The molecule has 94 valence electrons. The number of piperazine rings is 1. The molecular formula is C12H17F2N3. The van der Waals surface area contributed by atoms with Crippen molar-refractivity contribution >= 4 is 11.4 Å². The molecule has 0 amide bonds. The summed E-state index contributed by atoms with van der Waals surface area (Å²) in [7, 11) is 2.01. The summed E-state index contributed by atoms with van der Waals surface area (Å²) in [6.07, 6.45) is 0. The van der Waals surface area contributed by atoms with Crippen LogP contribution >= 0.6 is 0 Å². The molecule has 2 N–H and O–H groups in total. The van der Waals surface area contributed by atoms with Gasteiger partial charge in [0.1, 0.15) is 5.69 Å². The molecule has 17 heavy (non-hydrogen) atoms. The Hall–Kier alpha value is -1.36. The number of rotatable bonds is 1. The Morgan fingerprint density at radius 2 is 1.82 bits per heavy atom. The van der Waals surface area contributed by atoms with Crippen molar-refractivity contribution < 1.29 is 8.78 Å². The Morgan fingerprint density at radius 3 is 2.35 bits per heavy atom. The average molecular weight is 241 g/mol. The van der Waals surface area contributed by atoms with Gasteiger partial charge in [0.05, 0.1) is 0 Å². The minimum absolute atomic E-state index is 0.0409. The summed E-state index contributed by atoms with van der Waals surface area (Å²) in [4.78, 5) is 3.92. The molecule has 1 aliphatic heterocycles. The molecule has 3 nitrogen and oxygen atoms in total. The van der Waals surface area contributed by atoms with Gasteiger partial charge in [-0.15, -0.1) is 0 Å². The molecule has 1 aliphatic rings. The van der Waals surface area contributed by atoms with E-state index in [9.17, 15) is 8.78 Å². The number of likely N-dealkylation sites (N-methyl/N-ethyl adjacent to an activating group) is 1. The van der Waals surface area contributed by atoms with Gasteiger partial charge < -0.3 is 15.5 Å². The molecule has 0 aliphatic carbocycles.